The minimum Gasteiger partial charge on any atom is -0.508 e. The summed E-state index contributed by atoms with van der Waals surface area (Å²) in [4.78, 5) is 15.4. The van der Waals surface area contributed by atoms with Gasteiger partial charge < -0.3 is 5.11 Å². The van der Waals surface area contributed by atoms with Crippen LogP contribution >= 0.6 is 0 Å². The Balaban J connectivity index is 1.62. The van der Waals surface area contributed by atoms with Crippen LogP contribution in [0.15, 0.2) is 53.6 Å². The number of hydrogen-bond acceptors (Lipinski definition) is 4. The maximum absolute atomic E-state index is 13.1. The number of likely N-dealkylation sites (tertiary alicyclic amines) is 1. The zero-order valence-electron chi connectivity index (χ0n) is 16.3. The van der Waals surface area contributed by atoms with Gasteiger partial charge in [-0.2, -0.15) is 5.10 Å². The van der Waals surface area contributed by atoms with Crippen LogP contribution in [-0.4, -0.2) is 46.3 Å². The molecule has 5 nitrogen and oxygen atoms in total. The fraction of sp³-hybridized carbons (Fsp3) is 0.391. The van der Waals surface area contributed by atoms with Crippen molar-refractivity contribution in [3.63, 3.8) is 0 Å². The molecule has 1 atom stereocenters. The second-order valence-corrected chi connectivity index (χ2v) is 7.77. The Morgan fingerprint density at radius 1 is 1.07 bits per heavy atom. The zero-order chi connectivity index (χ0) is 19.5. The quantitative estimate of drug-likeness (QED) is 0.880. The van der Waals surface area contributed by atoms with Gasteiger partial charge in [-0.1, -0.05) is 54.4 Å². The highest BCUT2D eigenvalue weighted by Crippen LogP contribution is 2.37. The average Bonchev–Trinajstić information content (AvgIpc) is 3.15. The van der Waals surface area contributed by atoms with Crippen molar-refractivity contribution >= 4 is 11.6 Å². The number of carbonyl (C=O) groups is 1. The smallest absolute Gasteiger partial charge is 0.257 e. The second kappa shape index (κ2) is 8.15. The Morgan fingerprint density at radius 2 is 1.79 bits per heavy atom. The number of nitrogens with zero attached hydrogens (tertiary/aromatic N) is 3. The first-order valence-corrected chi connectivity index (χ1v) is 10.1. The van der Waals surface area contributed by atoms with Gasteiger partial charge in [0.2, 0.25) is 0 Å². The van der Waals surface area contributed by atoms with Gasteiger partial charge in [0.05, 0.1) is 18.3 Å². The molecule has 0 bridgehead atoms. The number of aryl methyl sites for hydroxylation is 1. The molecule has 2 aliphatic heterocycles. The van der Waals surface area contributed by atoms with Crippen molar-refractivity contribution in [1.82, 2.24) is 9.91 Å². The number of phenols is 1. The van der Waals surface area contributed by atoms with E-state index >= 15 is 0 Å². The molecule has 0 saturated carbocycles. The van der Waals surface area contributed by atoms with Gasteiger partial charge in [0.25, 0.3) is 5.91 Å². The summed E-state index contributed by atoms with van der Waals surface area (Å²) >= 11 is 0. The number of carbonyl (C=O) groups excluding carboxylic acids is 1. The van der Waals surface area contributed by atoms with Crippen molar-refractivity contribution < 1.29 is 9.90 Å². The van der Waals surface area contributed by atoms with E-state index in [0.717, 1.165) is 42.8 Å². The number of piperidine rings is 1. The van der Waals surface area contributed by atoms with Gasteiger partial charge in [0.15, 0.2) is 0 Å². The molecule has 1 amide bonds. The van der Waals surface area contributed by atoms with E-state index in [1.54, 1.807) is 17.1 Å². The molecule has 2 aromatic rings. The van der Waals surface area contributed by atoms with Crippen molar-refractivity contribution in [3.8, 4) is 5.75 Å². The van der Waals surface area contributed by atoms with Crippen LogP contribution in [0.1, 0.15) is 48.4 Å². The predicted molar refractivity (Wildman–Crippen MR) is 110 cm³/mol. The SMILES string of the molecule is Cc1ccc(C2=NN(C(=O)CN3CCCCC3)C(c3ccccc3O)C2)cc1. The van der Waals surface area contributed by atoms with Crippen LogP contribution in [0.4, 0.5) is 0 Å². The fourth-order valence-corrected chi connectivity index (χ4v) is 4.05. The summed E-state index contributed by atoms with van der Waals surface area (Å²) in [6.45, 7) is 4.37. The van der Waals surface area contributed by atoms with Gasteiger partial charge >= 0.3 is 0 Å². The van der Waals surface area contributed by atoms with Gasteiger partial charge in [0.1, 0.15) is 5.75 Å². The third-order valence-electron chi connectivity index (χ3n) is 5.65. The molecule has 0 spiro atoms. The molecule has 0 aromatic heterocycles. The van der Waals surface area contributed by atoms with E-state index in [1.807, 2.05) is 12.1 Å². The van der Waals surface area contributed by atoms with Crippen LogP contribution in [0.2, 0.25) is 0 Å². The molecule has 2 heterocycles. The summed E-state index contributed by atoms with van der Waals surface area (Å²) in [5.41, 5.74) is 3.86. The Labute approximate surface area is 166 Å². The van der Waals surface area contributed by atoms with E-state index in [0.29, 0.717) is 13.0 Å². The molecule has 4 rings (SSSR count). The highest BCUT2D eigenvalue weighted by atomic mass is 16.3. The second-order valence-electron chi connectivity index (χ2n) is 7.77. The highest BCUT2D eigenvalue weighted by Gasteiger charge is 2.35. The maximum Gasteiger partial charge on any atom is 0.257 e. The minimum atomic E-state index is -0.269. The Morgan fingerprint density at radius 3 is 2.50 bits per heavy atom. The van der Waals surface area contributed by atoms with Crippen LogP contribution in [0, 0.1) is 6.92 Å². The van der Waals surface area contributed by atoms with E-state index in [1.165, 1.54) is 12.0 Å². The van der Waals surface area contributed by atoms with Crippen LogP contribution in [0.5, 0.6) is 5.75 Å². The largest absolute Gasteiger partial charge is 0.508 e. The Hall–Kier alpha value is -2.66. The third-order valence-corrected chi connectivity index (χ3v) is 5.65. The maximum atomic E-state index is 13.1. The van der Waals surface area contributed by atoms with Crippen molar-refractivity contribution in [3.05, 3.63) is 65.2 Å². The summed E-state index contributed by atoms with van der Waals surface area (Å²) in [5, 5.41) is 16.7. The molecular formula is C23H27N3O2. The molecule has 2 aliphatic rings. The van der Waals surface area contributed by atoms with Crippen LogP contribution in [-0.2, 0) is 4.79 Å². The molecule has 1 fully saturated rings. The van der Waals surface area contributed by atoms with E-state index < -0.39 is 0 Å². The number of benzene rings is 2. The number of phenolic OH excluding ortho intramolecular Hbond substituents is 1. The van der Waals surface area contributed by atoms with E-state index in [-0.39, 0.29) is 17.7 Å². The number of hydrogen-bond donors (Lipinski definition) is 1. The summed E-state index contributed by atoms with van der Waals surface area (Å²) in [6, 6.07) is 15.2. The standard InChI is InChI=1S/C23H27N3O2/c1-17-9-11-18(12-10-17)20-15-21(19-7-3-4-8-22(19)27)26(24-20)23(28)16-25-13-5-2-6-14-25/h3-4,7-12,21,27H,2,5-6,13-16H2,1H3. The first-order valence-electron chi connectivity index (χ1n) is 10.1. The van der Waals surface area contributed by atoms with Crippen molar-refractivity contribution in [1.29, 1.82) is 0 Å². The van der Waals surface area contributed by atoms with Crippen LogP contribution in [0.3, 0.4) is 0 Å². The Bertz CT molecular complexity index is 870. The number of rotatable bonds is 4. The summed E-state index contributed by atoms with van der Waals surface area (Å²) in [5.74, 6) is 0.209. The summed E-state index contributed by atoms with van der Waals surface area (Å²) in [6.07, 6.45) is 4.14. The molecule has 2 aromatic carbocycles. The minimum absolute atomic E-state index is 0.00253. The lowest BCUT2D eigenvalue weighted by molar-refractivity contribution is -0.134. The first-order chi connectivity index (χ1) is 13.6. The number of amides is 1. The van der Waals surface area contributed by atoms with Gasteiger partial charge in [-0.3, -0.25) is 9.69 Å². The van der Waals surface area contributed by atoms with Gasteiger partial charge in [-0.15, -0.1) is 0 Å². The normalized spacial score (nSPS) is 20.2. The van der Waals surface area contributed by atoms with Crippen molar-refractivity contribution in [2.45, 2.75) is 38.6 Å². The molecule has 28 heavy (non-hydrogen) atoms. The van der Waals surface area contributed by atoms with Gasteiger partial charge in [-0.05, 0) is 44.5 Å². The van der Waals surface area contributed by atoms with E-state index in [2.05, 4.69) is 36.1 Å². The molecule has 5 heteroatoms. The van der Waals surface area contributed by atoms with Gasteiger partial charge in [0, 0.05) is 12.0 Å². The number of hydrazone groups is 1. The van der Waals surface area contributed by atoms with Crippen molar-refractivity contribution in [2.24, 2.45) is 5.10 Å². The fourth-order valence-electron chi connectivity index (χ4n) is 4.05. The lowest BCUT2D eigenvalue weighted by Gasteiger charge is -2.29. The van der Waals surface area contributed by atoms with E-state index in [4.69, 9.17) is 5.10 Å². The molecule has 1 N–H and O–H groups in total. The third kappa shape index (κ3) is 3.94. The molecule has 0 aliphatic carbocycles. The lowest BCUT2D eigenvalue weighted by Crippen LogP contribution is -2.40. The summed E-state index contributed by atoms with van der Waals surface area (Å²) in [7, 11) is 0. The van der Waals surface area contributed by atoms with Crippen molar-refractivity contribution in [2.75, 3.05) is 19.6 Å². The monoisotopic (exact) mass is 377 g/mol. The van der Waals surface area contributed by atoms with E-state index in [9.17, 15) is 9.90 Å². The summed E-state index contributed by atoms with van der Waals surface area (Å²) < 4.78 is 0. The molecule has 1 saturated heterocycles. The van der Waals surface area contributed by atoms with Gasteiger partial charge in [-0.25, -0.2) is 5.01 Å². The average molecular weight is 377 g/mol. The van der Waals surface area contributed by atoms with Crippen LogP contribution < -0.4 is 0 Å². The zero-order valence-corrected chi connectivity index (χ0v) is 16.3. The molecule has 146 valence electrons. The topological polar surface area (TPSA) is 56.1 Å². The number of para-hydroxylation sites is 1. The van der Waals surface area contributed by atoms with Crippen LogP contribution in [0.25, 0.3) is 0 Å². The molecular weight excluding hydrogens is 350 g/mol. The number of aromatic hydroxyl groups is 1. The highest BCUT2D eigenvalue weighted by molar-refractivity contribution is 6.03. The molecule has 0 radical (unpaired) electrons. The first kappa shape index (κ1) is 18.7. The Kier molecular flexibility index (Phi) is 5.44. The predicted octanol–water partition coefficient (Wildman–Crippen LogP) is 3.86. The lowest BCUT2D eigenvalue weighted by atomic mass is 9.97. The molecule has 1 unspecified atom stereocenters.